The summed E-state index contributed by atoms with van der Waals surface area (Å²) < 4.78 is 27.1. The van der Waals surface area contributed by atoms with Crippen molar-refractivity contribution in [3.63, 3.8) is 0 Å². The zero-order valence-electron chi connectivity index (χ0n) is 10.8. The Morgan fingerprint density at radius 2 is 2.21 bits per heavy atom. The average molecular weight is 265 g/mol. The summed E-state index contributed by atoms with van der Waals surface area (Å²) in [7, 11) is 0. The van der Waals surface area contributed by atoms with Gasteiger partial charge in [0.25, 0.3) is 6.43 Å². The summed E-state index contributed by atoms with van der Waals surface area (Å²) in [5.74, 6) is 0. The molecule has 0 spiro atoms. The summed E-state index contributed by atoms with van der Waals surface area (Å²) in [5.41, 5.74) is 0.942. The van der Waals surface area contributed by atoms with E-state index in [1.54, 1.807) is 24.7 Å². The molecule has 102 valence electrons. The third-order valence-corrected chi connectivity index (χ3v) is 2.90. The number of alkyl halides is 2. The predicted molar refractivity (Wildman–Crippen MR) is 69.9 cm³/mol. The fraction of sp³-hybridized carbons (Fsp3) is 0.357. The van der Waals surface area contributed by atoms with Gasteiger partial charge in [-0.3, -0.25) is 0 Å². The van der Waals surface area contributed by atoms with Crippen molar-refractivity contribution in [1.82, 2.24) is 14.9 Å². The Morgan fingerprint density at radius 1 is 1.37 bits per heavy atom. The van der Waals surface area contributed by atoms with E-state index in [1.807, 2.05) is 16.8 Å². The van der Waals surface area contributed by atoms with Gasteiger partial charge in [-0.2, -0.15) is 0 Å². The first-order chi connectivity index (χ1) is 9.15. The molecule has 1 unspecified atom stereocenters. The number of rotatable bonds is 6. The second-order valence-electron chi connectivity index (χ2n) is 4.59. The lowest BCUT2D eigenvalue weighted by Gasteiger charge is -2.14. The number of benzene rings is 1. The molecule has 0 aliphatic carbocycles. The van der Waals surface area contributed by atoms with Crippen LogP contribution in [-0.4, -0.2) is 15.6 Å². The van der Waals surface area contributed by atoms with E-state index in [1.165, 1.54) is 6.07 Å². The molecule has 19 heavy (non-hydrogen) atoms. The van der Waals surface area contributed by atoms with Gasteiger partial charge in [-0.25, -0.2) is 13.8 Å². The van der Waals surface area contributed by atoms with Crippen LogP contribution in [0, 0.1) is 0 Å². The number of imidazole rings is 1. The van der Waals surface area contributed by atoms with Gasteiger partial charge in [0, 0.05) is 37.1 Å². The fourth-order valence-corrected chi connectivity index (χ4v) is 1.91. The SMILES string of the molecule is CC(Cn1ccnc1)NCc1cccc(C(F)F)c1. The Labute approximate surface area is 111 Å². The fourth-order valence-electron chi connectivity index (χ4n) is 1.91. The molecular formula is C14H17F2N3. The molecule has 1 atom stereocenters. The lowest BCUT2D eigenvalue weighted by molar-refractivity contribution is 0.151. The van der Waals surface area contributed by atoms with E-state index in [0.29, 0.717) is 6.54 Å². The maximum atomic E-state index is 12.6. The van der Waals surface area contributed by atoms with Gasteiger partial charge < -0.3 is 9.88 Å². The molecule has 0 aliphatic heterocycles. The largest absolute Gasteiger partial charge is 0.336 e. The molecule has 3 nitrogen and oxygen atoms in total. The van der Waals surface area contributed by atoms with Gasteiger partial charge >= 0.3 is 0 Å². The van der Waals surface area contributed by atoms with Crippen LogP contribution in [0.25, 0.3) is 0 Å². The smallest absolute Gasteiger partial charge is 0.263 e. The van der Waals surface area contributed by atoms with Crippen LogP contribution >= 0.6 is 0 Å². The first-order valence-corrected chi connectivity index (χ1v) is 6.21. The Balaban J connectivity index is 1.86. The maximum absolute atomic E-state index is 12.6. The van der Waals surface area contributed by atoms with Gasteiger partial charge in [0.05, 0.1) is 6.33 Å². The van der Waals surface area contributed by atoms with Crippen molar-refractivity contribution in [1.29, 1.82) is 0 Å². The molecule has 2 aromatic rings. The van der Waals surface area contributed by atoms with Gasteiger partial charge in [0.2, 0.25) is 0 Å². The Hall–Kier alpha value is -1.75. The van der Waals surface area contributed by atoms with E-state index in [0.717, 1.165) is 12.1 Å². The zero-order valence-corrected chi connectivity index (χ0v) is 10.8. The summed E-state index contributed by atoms with van der Waals surface area (Å²) in [6, 6.07) is 6.75. The Kier molecular flexibility index (Phi) is 4.63. The Bertz CT molecular complexity index is 497. The molecule has 1 heterocycles. The van der Waals surface area contributed by atoms with Crippen LogP contribution in [-0.2, 0) is 13.1 Å². The van der Waals surface area contributed by atoms with E-state index in [-0.39, 0.29) is 11.6 Å². The third kappa shape index (κ3) is 4.13. The van der Waals surface area contributed by atoms with Gasteiger partial charge in [-0.05, 0) is 18.6 Å². The van der Waals surface area contributed by atoms with Crippen LogP contribution in [0.3, 0.4) is 0 Å². The zero-order chi connectivity index (χ0) is 13.7. The number of hydrogen-bond acceptors (Lipinski definition) is 2. The molecule has 0 aliphatic rings. The lowest BCUT2D eigenvalue weighted by atomic mass is 10.1. The molecular weight excluding hydrogens is 248 g/mol. The van der Waals surface area contributed by atoms with Crippen molar-refractivity contribution in [2.24, 2.45) is 0 Å². The second kappa shape index (κ2) is 6.43. The molecule has 2 rings (SSSR count). The molecule has 1 N–H and O–H groups in total. The van der Waals surface area contributed by atoms with Crippen molar-refractivity contribution in [3.8, 4) is 0 Å². The predicted octanol–water partition coefficient (Wildman–Crippen LogP) is 3.00. The first kappa shape index (κ1) is 13.7. The summed E-state index contributed by atoms with van der Waals surface area (Å²) in [4.78, 5) is 3.98. The highest BCUT2D eigenvalue weighted by molar-refractivity contribution is 5.24. The number of halogens is 2. The maximum Gasteiger partial charge on any atom is 0.263 e. The highest BCUT2D eigenvalue weighted by Gasteiger charge is 2.07. The van der Waals surface area contributed by atoms with Gasteiger partial charge in [0.1, 0.15) is 0 Å². The summed E-state index contributed by atoms with van der Waals surface area (Å²) >= 11 is 0. The van der Waals surface area contributed by atoms with Crippen molar-refractivity contribution < 1.29 is 8.78 Å². The number of nitrogens with zero attached hydrogens (tertiary/aromatic N) is 2. The van der Waals surface area contributed by atoms with E-state index >= 15 is 0 Å². The minimum absolute atomic E-state index is 0.0709. The quantitative estimate of drug-likeness (QED) is 0.870. The van der Waals surface area contributed by atoms with Crippen molar-refractivity contribution >= 4 is 0 Å². The molecule has 5 heteroatoms. The Morgan fingerprint density at radius 3 is 2.89 bits per heavy atom. The molecule has 1 aromatic heterocycles. The van der Waals surface area contributed by atoms with Gasteiger partial charge in [-0.15, -0.1) is 0 Å². The van der Waals surface area contributed by atoms with Gasteiger partial charge in [-0.1, -0.05) is 18.2 Å². The topological polar surface area (TPSA) is 29.9 Å². The highest BCUT2D eigenvalue weighted by atomic mass is 19.3. The van der Waals surface area contributed by atoms with E-state index in [9.17, 15) is 8.78 Å². The van der Waals surface area contributed by atoms with E-state index in [2.05, 4.69) is 17.2 Å². The lowest BCUT2D eigenvalue weighted by Crippen LogP contribution is -2.29. The van der Waals surface area contributed by atoms with Crippen LogP contribution in [0.5, 0.6) is 0 Å². The molecule has 0 bridgehead atoms. The van der Waals surface area contributed by atoms with Crippen molar-refractivity contribution in [2.75, 3.05) is 0 Å². The number of aromatic nitrogens is 2. The molecule has 0 fully saturated rings. The van der Waals surface area contributed by atoms with E-state index < -0.39 is 6.43 Å². The van der Waals surface area contributed by atoms with Crippen molar-refractivity contribution in [2.45, 2.75) is 32.5 Å². The summed E-state index contributed by atoms with van der Waals surface area (Å²) in [6.07, 6.45) is 2.98. The van der Waals surface area contributed by atoms with Crippen LogP contribution in [0.4, 0.5) is 8.78 Å². The normalized spacial score (nSPS) is 12.8. The van der Waals surface area contributed by atoms with E-state index in [4.69, 9.17) is 0 Å². The summed E-state index contributed by atoms with van der Waals surface area (Å²) in [5, 5.41) is 3.31. The minimum Gasteiger partial charge on any atom is -0.336 e. The van der Waals surface area contributed by atoms with Crippen LogP contribution < -0.4 is 5.32 Å². The molecule has 1 aromatic carbocycles. The molecule has 0 saturated heterocycles. The average Bonchev–Trinajstić information content (AvgIpc) is 2.89. The van der Waals surface area contributed by atoms with Crippen molar-refractivity contribution in [3.05, 3.63) is 54.1 Å². The number of hydrogen-bond donors (Lipinski definition) is 1. The second-order valence-corrected chi connectivity index (χ2v) is 4.59. The monoisotopic (exact) mass is 265 g/mol. The third-order valence-electron chi connectivity index (χ3n) is 2.90. The summed E-state index contributed by atoms with van der Waals surface area (Å²) in [6.45, 7) is 3.43. The standard InChI is InChI=1S/C14H17F2N3/c1-11(9-19-6-5-17-10-19)18-8-12-3-2-4-13(7-12)14(15)16/h2-7,10-11,14,18H,8-9H2,1H3. The molecule has 0 amide bonds. The van der Waals surface area contributed by atoms with Gasteiger partial charge in [0.15, 0.2) is 0 Å². The van der Waals surface area contributed by atoms with Crippen LogP contribution in [0.15, 0.2) is 43.0 Å². The molecule has 0 radical (unpaired) electrons. The highest BCUT2D eigenvalue weighted by Crippen LogP contribution is 2.19. The number of nitrogens with one attached hydrogen (secondary N) is 1. The minimum atomic E-state index is -2.41. The first-order valence-electron chi connectivity index (χ1n) is 6.21. The molecule has 0 saturated carbocycles. The van der Waals surface area contributed by atoms with Crippen LogP contribution in [0.2, 0.25) is 0 Å². The van der Waals surface area contributed by atoms with Crippen LogP contribution in [0.1, 0.15) is 24.5 Å².